The second-order valence-corrected chi connectivity index (χ2v) is 5.33. The molecule has 1 aliphatic heterocycles. The minimum atomic E-state index is -0.660. The first kappa shape index (κ1) is 12.2. The van der Waals surface area contributed by atoms with Crippen molar-refractivity contribution in [3.8, 4) is 6.07 Å². The van der Waals surface area contributed by atoms with Crippen molar-refractivity contribution in [1.82, 2.24) is 5.32 Å². The van der Waals surface area contributed by atoms with Crippen LogP contribution in [0.1, 0.15) is 47.2 Å². The molecule has 19 heavy (non-hydrogen) atoms. The van der Waals surface area contributed by atoms with Crippen molar-refractivity contribution in [2.75, 3.05) is 0 Å². The van der Waals surface area contributed by atoms with Crippen molar-refractivity contribution < 1.29 is 9.53 Å². The number of carbonyl (C=O) groups is 1. The summed E-state index contributed by atoms with van der Waals surface area (Å²) in [5.41, 5.74) is 2.18. The second kappa shape index (κ2) is 4.67. The molecule has 1 saturated carbocycles. The number of nitrogens with zero attached hydrogens (tertiary/aromatic N) is 1. The molecule has 1 aromatic rings. The molecule has 4 heteroatoms. The van der Waals surface area contributed by atoms with Crippen LogP contribution < -0.4 is 5.32 Å². The molecular formula is C15H16N2O2. The summed E-state index contributed by atoms with van der Waals surface area (Å²) in [6, 6.07) is 7.89. The van der Waals surface area contributed by atoms with Crippen LogP contribution in [0, 0.1) is 11.3 Å². The van der Waals surface area contributed by atoms with Gasteiger partial charge in [-0.15, -0.1) is 0 Å². The summed E-state index contributed by atoms with van der Waals surface area (Å²) >= 11 is 0. The van der Waals surface area contributed by atoms with Gasteiger partial charge < -0.3 is 10.1 Å². The Morgan fingerprint density at radius 1 is 1.26 bits per heavy atom. The number of amides is 1. The number of fused-ring (bicyclic) bond motifs is 1. The van der Waals surface area contributed by atoms with Crippen LogP contribution in [0.25, 0.3) is 0 Å². The summed E-state index contributed by atoms with van der Waals surface area (Å²) in [6.45, 7) is 1.19. The molecule has 1 N–H and O–H groups in total. The monoisotopic (exact) mass is 256 g/mol. The highest BCUT2D eigenvalue weighted by Crippen LogP contribution is 2.29. The number of benzene rings is 1. The molecule has 1 aliphatic carbocycles. The minimum Gasteiger partial charge on any atom is -0.372 e. The summed E-state index contributed by atoms with van der Waals surface area (Å²) in [5, 5.41) is 12.2. The van der Waals surface area contributed by atoms with Gasteiger partial charge in [-0.1, -0.05) is 6.07 Å². The molecule has 0 bridgehead atoms. The smallest absolute Gasteiger partial charge is 0.252 e. The highest BCUT2D eigenvalue weighted by atomic mass is 16.5. The zero-order chi connectivity index (χ0) is 13.3. The van der Waals surface area contributed by atoms with Crippen molar-refractivity contribution >= 4 is 5.91 Å². The molecule has 0 atom stereocenters. The fraction of sp³-hybridized carbons (Fsp3) is 0.467. The van der Waals surface area contributed by atoms with Crippen LogP contribution in [0.2, 0.25) is 0 Å². The molecule has 0 spiro atoms. The van der Waals surface area contributed by atoms with Gasteiger partial charge in [-0.3, -0.25) is 4.79 Å². The highest BCUT2D eigenvalue weighted by molar-refractivity contribution is 5.95. The maximum atomic E-state index is 12.3. The van der Waals surface area contributed by atoms with Crippen LogP contribution in [-0.4, -0.2) is 11.4 Å². The van der Waals surface area contributed by atoms with Crippen molar-refractivity contribution in [3.05, 3.63) is 34.9 Å². The molecule has 4 nitrogen and oxygen atoms in total. The third-order valence-corrected chi connectivity index (χ3v) is 4.01. The summed E-state index contributed by atoms with van der Waals surface area (Å²) in [4.78, 5) is 12.3. The second-order valence-electron chi connectivity index (χ2n) is 5.33. The summed E-state index contributed by atoms with van der Waals surface area (Å²) < 4.78 is 5.34. The van der Waals surface area contributed by atoms with Crippen molar-refractivity contribution in [3.63, 3.8) is 0 Å². The van der Waals surface area contributed by atoms with Crippen LogP contribution in [0.5, 0.6) is 0 Å². The van der Waals surface area contributed by atoms with E-state index in [0.29, 0.717) is 18.8 Å². The maximum absolute atomic E-state index is 12.3. The minimum absolute atomic E-state index is 0.154. The Kier molecular flexibility index (Phi) is 3.00. The Morgan fingerprint density at radius 2 is 2.00 bits per heavy atom. The topological polar surface area (TPSA) is 62.1 Å². The lowest BCUT2D eigenvalue weighted by atomic mass is 9.98. The lowest BCUT2D eigenvalue weighted by Gasteiger charge is -2.22. The normalized spacial score (nSPS) is 19.7. The van der Waals surface area contributed by atoms with Gasteiger partial charge in [0.15, 0.2) is 0 Å². The molecule has 3 rings (SSSR count). The fourth-order valence-corrected chi connectivity index (χ4v) is 2.85. The van der Waals surface area contributed by atoms with E-state index in [2.05, 4.69) is 11.4 Å². The van der Waals surface area contributed by atoms with Crippen molar-refractivity contribution in [2.45, 2.75) is 44.4 Å². The van der Waals surface area contributed by atoms with E-state index in [1.165, 1.54) is 0 Å². The molecule has 0 saturated heterocycles. The predicted molar refractivity (Wildman–Crippen MR) is 69.2 cm³/mol. The molecule has 1 fully saturated rings. The highest BCUT2D eigenvalue weighted by Gasteiger charge is 2.35. The van der Waals surface area contributed by atoms with Gasteiger partial charge in [0.25, 0.3) is 5.91 Å². The number of hydrogen-bond donors (Lipinski definition) is 1. The van der Waals surface area contributed by atoms with Gasteiger partial charge in [-0.05, 0) is 48.9 Å². The third kappa shape index (κ3) is 2.22. The van der Waals surface area contributed by atoms with Crippen LogP contribution in [0.4, 0.5) is 0 Å². The van der Waals surface area contributed by atoms with Crippen molar-refractivity contribution in [2.24, 2.45) is 0 Å². The molecule has 98 valence electrons. The summed E-state index contributed by atoms with van der Waals surface area (Å²) in [6.07, 6.45) is 3.52. The van der Waals surface area contributed by atoms with Gasteiger partial charge in [0, 0.05) is 5.56 Å². The molecule has 1 amide bonds. The van der Waals surface area contributed by atoms with E-state index >= 15 is 0 Å². The Hall–Kier alpha value is -1.86. The summed E-state index contributed by atoms with van der Waals surface area (Å²) in [7, 11) is 0. The molecule has 0 radical (unpaired) electrons. The van der Waals surface area contributed by atoms with Crippen LogP contribution in [0.15, 0.2) is 18.2 Å². The Morgan fingerprint density at radius 3 is 2.74 bits per heavy atom. The number of nitriles is 1. The van der Waals surface area contributed by atoms with E-state index in [-0.39, 0.29) is 5.91 Å². The van der Waals surface area contributed by atoms with E-state index < -0.39 is 5.54 Å². The molecular weight excluding hydrogens is 240 g/mol. The number of rotatable bonds is 2. The van der Waals surface area contributed by atoms with E-state index in [4.69, 9.17) is 4.74 Å². The van der Waals surface area contributed by atoms with Gasteiger partial charge >= 0.3 is 0 Å². The Labute approximate surface area is 112 Å². The zero-order valence-electron chi connectivity index (χ0n) is 10.7. The molecule has 1 heterocycles. The Balaban J connectivity index is 1.79. The van der Waals surface area contributed by atoms with E-state index in [1.54, 1.807) is 0 Å². The van der Waals surface area contributed by atoms with E-state index in [1.807, 2.05) is 18.2 Å². The lowest BCUT2D eigenvalue weighted by Crippen LogP contribution is -2.45. The van der Waals surface area contributed by atoms with E-state index in [0.717, 1.165) is 36.8 Å². The van der Waals surface area contributed by atoms with Gasteiger partial charge in [-0.2, -0.15) is 5.26 Å². The van der Waals surface area contributed by atoms with Gasteiger partial charge in [0.2, 0.25) is 0 Å². The fourth-order valence-electron chi connectivity index (χ4n) is 2.85. The largest absolute Gasteiger partial charge is 0.372 e. The SMILES string of the molecule is N#CC1(NC(=O)c2ccc3c(c2)COC3)CCCC1. The third-order valence-electron chi connectivity index (χ3n) is 4.01. The lowest BCUT2D eigenvalue weighted by molar-refractivity contribution is 0.0920. The first-order valence-electron chi connectivity index (χ1n) is 6.66. The van der Waals surface area contributed by atoms with Gasteiger partial charge in [-0.25, -0.2) is 0 Å². The first-order chi connectivity index (χ1) is 9.22. The first-order valence-corrected chi connectivity index (χ1v) is 6.66. The summed E-state index contributed by atoms with van der Waals surface area (Å²) in [5.74, 6) is -0.154. The van der Waals surface area contributed by atoms with Crippen LogP contribution in [0.3, 0.4) is 0 Å². The van der Waals surface area contributed by atoms with Crippen molar-refractivity contribution in [1.29, 1.82) is 5.26 Å². The number of hydrogen-bond acceptors (Lipinski definition) is 3. The molecule has 1 aromatic carbocycles. The molecule has 2 aliphatic rings. The zero-order valence-corrected chi connectivity index (χ0v) is 10.7. The standard InChI is InChI=1S/C15H16N2O2/c16-10-15(5-1-2-6-15)17-14(18)11-3-4-12-8-19-9-13(12)7-11/h3-4,7H,1-2,5-6,8-9H2,(H,17,18). The number of ether oxygens (including phenoxy) is 1. The predicted octanol–water partition coefficient (Wildman–Crippen LogP) is 2.28. The Bertz CT molecular complexity index is 554. The average molecular weight is 256 g/mol. The molecule has 0 aromatic heterocycles. The number of carbonyl (C=O) groups excluding carboxylic acids is 1. The molecule has 0 unspecified atom stereocenters. The van der Waals surface area contributed by atoms with E-state index in [9.17, 15) is 10.1 Å². The average Bonchev–Trinajstić information content (AvgIpc) is 3.06. The van der Waals surface area contributed by atoms with Crippen LogP contribution in [-0.2, 0) is 18.0 Å². The quantitative estimate of drug-likeness (QED) is 0.883. The maximum Gasteiger partial charge on any atom is 0.252 e. The van der Waals surface area contributed by atoms with Gasteiger partial charge in [0.05, 0.1) is 19.3 Å². The van der Waals surface area contributed by atoms with Gasteiger partial charge in [0.1, 0.15) is 5.54 Å². The van der Waals surface area contributed by atoms with Crippen LogP contribution >= 0.6 is 0 Å². The number of nitrogens with one attached hydrogen (secondary N) is 1.